The van der Waals surface area contributed by atoms with Crippen LogP contribution < -0.4 is 5.32 Å². The fourth-order valence-electron chi connectivity index (χ4n) is 1.95. The Bertz CT molecular complexity index is 644. The highest BCUT2D eigenvalue weighted by molar-refractivity contribution is 9.10. The van der Waals surface area contributed by atoms with Crippen LogP contribution in [0.2, 0.25) is 0 Å². The number of nitro benzene ring substituents is 1. The third-order valence-corrected chi connectivity index (χ3v) is 3.40. The molecule has 0 aliphatic heterocycles. The van der Waals surface area contributed by atoms with Crippen LogP contribution in [0.3, 0.4) is 0 Å². The number of nitro groups is 1. The molecule has 1 heterocycles. The highest BCUT2D eigenvalue weighted by Gasteiger charge is 2.18. The van der Waals surface area contributed by atoms with Crippen molar-refractivity contribution in [2.75, 3.05) is 6.54 Å². The number of rotatable bonds is 6. The van der Waals surface area contributed by atoms with Crippen molar-refractivity contribution in [2.24, 2.45) is 0 Å². The number of halogens is 1. The number of hydrogen-bond acceptors (Lipinski definition) is 6. The summed E-state index contributed by atoms with van der Waals surface area (Å²) in [4.78, 5) is 10.4. The van der Waals surface area contributed by atoms with E-state index in [0.717, 1.165) is 13.0 Å². The van der Waals surface area contributed by atoms with E-state index in [4.69, 9.17) is 4.42 Å². The zero-order valence-electron chi connectivity index (χ0n) is 11.7. The lowest BCUT2D eigenvalue weighted by atomic mass is 10.2. The molecule has 0 aliphatic carbocycles. The van der Waals surface area contributed by atoms with Crippen LogP contribution in [0.4, 0.5) is 5.69 Å². The molecule has 0 aliphatic rings. The molecule has 2 aromatic rings. The number of nitrogens with zero attached hydrogens (tertiary/aromatic N) is 3. The maximum Gasteiger partial charge on any atom is 0.271 e. The van der Waals surface area contributed by atoms with Gasteiger partial charge in [0.25, 0.3) is 5.69 Å². The third-order valence-electron chi connectivity index (χ3n) is 2.94. The van der Waals surface area contributed by atoms with Crippen LogP contribution in [0.5, 0.6) is 0 Å². The molecule has 1 aromatic heterocycles. The number of benzene rings is 1. The monoisotopic (exact) mass is 354 g/mol. The van der Waals surface area contributed by atoms with Crippen molar-refractivity contribution < 1.29 is 9.34 Å². The van der Waals surface area contributed by atoms with Gasteiger partial charge in [0.15, 0.2) is 0 Å². The van der Waals surface area contributed by atoms with E-state index in [0.29, 0.717) is 15.9 Å². The minimum absolute atomic E-state index is 0.0154. The van der Waals surface area contributed by atoms with Gasteiger partial charge in [-0.05, 0) is 19.0 Å². The SMILES string of the molecule is CCNC(CC)c1nnc(-c2cc(Br)cc([N+](=O)[O-])c2)o1. The first-order valence-corrected chi connectivity index (χ1v) is 7.36. The summed E-state index contributed by atoms with van der Waals surface area (Å²) in [5.74, 6) is 0.753. The predicted octanol–water partition coefficient (Wildman–Crippen LogP) is 3.47. The smallest absolute Gasteiger partial charge is 0.271 e. The Hall–Kier alpha value is -1.80. The molecule has 1 atom stereocenters. The van der Waals surface area contributed by atoms with Crippen molar-refractivity contribution >= 4 is 21.6 Å². The molecule has 0 saturated heterocycles. The van der Waals surface area contributed by atoms with Gasteiger partial charge >= 0.3 is 0 Å². The molecular formula is C13H15BrN4O3. The molecule has 1 unspecified atom stereocenters. The quantitative estimate of drug-likeness (QED) is 0.630. The van der Waals surface area contributed by atoms with Gasteiger partial charge in [-0.3, -0.25) is 10.1 Å². The highest BCUT2D eigenvalue weighted by atomic mass is 79.9. The van der Waals surface area contributed by atoms with Crippen LogP contribution in [0, 0.1) is 10.1 Å². The Morgan fingerprint density at radius 2 is 2.14 bits per heavy atom. The van der Waals surface area contributed by atoms with Crippen molar-refractivity contribution in [3.8, 4) is 11.5 Å². The van der Waals surface area contributed by atoms with Gasteiger partial charge in [-0.2, -0.15) is 0 Å². The summed E-state index contributed by atoms with van der Waals surface area (Å²) in [5.41, 5.74) is 0.485. The first kappa shape index (κ1) is 15.6. The van der Waals surface area contributed by atoms with Gasteiger partial charge in [-0.1, -0.05) is 29.8 Å². The molecule has 1 aromatic carbocycles. The molecule has 1 N–H and O–H groups in total. The van der Waals surface area contributed by atoms with Crippen LogP contribution in [-0.2, 0) is 0 Å². The lowest BCUT2D eigenvalue weighted by Gasteiger charge is -2.10. The molecule has 0 saturated carbocycles. The van der Waals surface area contributed by atoms with Crippen LogP contribution in [0.15, 0.2) is 27.1 Å². The summed E-state index contributed by atoms with van der Waals surface area (Å²) in [6.45, 7) is 4.80. The van der Waals surface area contributed by atoms with E-state index in [-0.39, 0.29) is 17.6 Å². The highest BCUT2D eigenvalue weighted by Crippen LogP contribution is 2.29. The minimum Gasteiger partial charge on any atom is -0.419 e. The first-order valence-electron chi connectivity index (χ1n) is 6.57. The standard InChI is InChI=1S/C13H15BrN4O3/c1-3-11(15-4-2)13-17-16-12(21-13)8-5-9(14)7-10(6-8)18(19)20/h5-7,11,15H,3-4H2,1-2H3. The van der Waals surface area contributed by atoms with E-state index in [1.807, 2.05) is 13.8 Å². The van der Waals surface area contributed by atoms with Crippen molar-refractivity contribution in [3.63, 3.8) is 0 Å². The zero-order valence-corrected chi connectivity index (χ0v) is 13.3. The van der Waals surface area contributed by atoms with Crippen LogP contribution in [0.1, 0.15) is 32.2 Å². The summed E-state index contributed by atoms with van der Waals surface area (Å²) in [7, 11) is 0. The molecule has 8 heteroatoms. The number of nitrogens with one attached hydrogen (secondary N) is 1. The molecule has 7 nitrogen and oxygen atoms in total. The third kappa shape index (κ3) is 3.64. The Balaban J connectivity index is 2.35. The Labute approximate surface area is 130 Å². The Morgan fingerprint density at radius 3 is 2.76 bits per heavy atom. The fourth-order valence-corrected chi connectivity index (χ4v) is 2.43. The largest absolute Gasteiger partial charge is 0.419 e. The molecule has 0 fully saturated rings. The maximum absolute atomic E-state index is 10.9. The molecule has 0 bridgehead atoms. The molecule has 112 valence electrons. The normalized spacial score (nSPS) is 12.3. The molecule has 2 rings (SSSR count). The van der Waals surface area contributed by atoms with E-state index in [9.17, 15) is 10.1 Å². The van der Waals surface area contributed by atoms with Gasteiger partial charge in [0, 0.05) is 22.2 Å². The molecular weight excluding hydrogens is 340 g/mol. The lowest BCUT2D eigenvalue weighted by Crippen LogP contribution is -2.20. The summed E-state index contributed by atoms with van der Waals surface area (Å²) in [6, 6.07) is 4.53. The van der Waals surface area contributed by atoms with E-state index >= 15 is 0 Å². The zero-order chi connectivity index (χ0) is 15.4. The van der Waals surface area contributed by atoms with E-state index in [2.05, 4.69) is 31.4 Å². The predicted molar refractivity (Wildman–Crippen MR) is 80.8 cm³/mol. The molecule has 0 amide bonds. The van der Waals surface area contributed by atoms with Crippen LogP contribution in [-0.4, -0.2) is 21.7 Å². The second kappa shape index (κ2) is 6.77. The van der Waals surface area contributed by atoms with E-state index < -0.39 is 4.92 Å². The van der Waals surface area contributed by atoms with Gasteiger partial charge in [-0.25, -0.2) is 0 Å². The number of non-ortho nitro benzene ring substituents is 1. The Morgan fingerprint density at radius 1 is 1.38 bits per heavy atom. The van der Waals surface area contributed by atoms with Crippen molar-refractivity contribution in [1.82, 2.24) is 15.5 Å². The number of aromatic nitrogens is 2. The fraction of sp³-hybridized carbons (Fsp3) is 0.385. The summed E-state index contributed by atoms with van der Waals surface area (Å²) < 4.78 is 6.22. The summed E-state index contributed by atoms with van der Waals surface area (Å²) in [6.07, 6.45) is 0.814. The Kier molecular flexibility index (Phi) is 5.03. The van der Waals surface area contributed by atoms with Crippen molar-refractivity contribution in [1.29, 1.82) is 0 Å². The number of hydrogen-bond donors (Lipinski definition) is 1. The average Bonchev–Trinajstić information content (AvgIpc) is 2.93. The molecule has 0 spiro atoms. The van der Waals surface area contributed by atoms with Crippen molar-refractivity contribution in [2.45, 2.75) is 26.3 Å². The minimum atomic E-state index is -0.459. The topological polar surface area (TPSA) is 94.1 Å². The van der Waals surface area contributed by atoms with Gasteiger partial charge in [0.2, 0.25) is 11.8 Å². The lowest BCUT2D eigenvalue weighted by molar-refractivity contribution is -0.384. The second-order valence-corrected chi connectivity index (χ2v) is 5.33. The van der Waals surface area contributed by atoms with E-state index in [1.54, 1.807) is 6.07 Å². The van der Waals surface area contributed by atoms with Gasteiger partial charge in [0.1, 0.15) is 0 Å². The maximum atomic E-state index is 10.9. The van der Waals surface area contributed by atoms with Gasteiger partial charge in [0.05, 0.1) is 11.0 Å². The summed E-state index contributed by atoms with van der Waals surface area (Å²) in [5, 5.41) is 22.1. The van der Waals surface area contributed by atoms with E-state index in [1.165, 1.54) is 12.1 Å². The second-order valence-electron chi connectivity index (χ2n) is 4.42. The van der Waals surface area contributed by atoms with Gasteiger partial charge < -0.3 is 9.73 Å². The first-order chi connectivity index (χ1) is 10.0. The summed E-state index contributed by atoms with van der Waals surface area (Å²) >= 11 is 3.25. The van der Waals surface area contributed by atoms with Crippen molar-refractivity contribution in [3.05, 3.63) is 38.7 Å². The van der Waals surface area contributed by atoms with Gasteiger partial charge in [-0.15, -0.1) is 10.2 Å². The average molecular weight is 355 g/mol. The van der Waals surface area contributed by atoms with Crippen LogP contribution in [0.25, 0.3) is 11.5 Å². The molecule has 0 radical (unpaired) electrons. The van der Waals surface area contributed by atoms with Crippen LogP contribution >= 0.6 is 15.9 Å². The molecule has 21 heavy (non-hydrogen) atoms.